The monoisotopic (exact) mass is 346 g/mol. The Kier molecular flexibility index (Phi) is 9.44. The fourth-order valence-corrected chi connectivity index (χ4v) is 2.70. The van der Waals surface area contributed by atoms with E-state index in [-0.39, 0.29) is 0 Å². The van der Waals surface area contributed by atoms with Gasteiger partial charge in [0.25, 0.3) is 0 Å². The van der Waals surface area contributed by atoms with Crippen LogP contribution in [0, 0.1) is 13.8 Å². The van der Waals surface area contributed by atoms with E-state index in [1.54, 1.807) is 0 Å². The summed E-state index contributed by atoms with van der Waals surface area (Å²) in [5.41, 5.74) is 9.09. The van der Waals surface area contributed by atoms with Gasteiger partial charge in [-0.2, -0.15) is 0 Å². The molecule has 26 heavy (non-hydrogen) atoms. The summed E-state index contributed by atoms with van der Waals surface area (Å²) in [5.74, 6) is 0. The van der Waals surface area contributed by atoms with Crippen molar-refractivity contribution in [2.24, 2.45) is 0 Å². The van der Waals surface area contributed by atoms with Crippen LogP contribution in [0.1, 0.15) is 61.9 Å². The molecule has 0 fully saturated rings. The molecule has 0 bridgehead atoms. The standard InChI is InChI=1S/C24H28.C2H6/c1-6-7-8-19(3)23-13-15-24(16-14-23)20(4)10-12-22-11-9-18(2)21(5)17-22;1-2/h6-9,11,13-17H,4,10,12H2,1-3,5H3;1-2H3/b7-6-,19-8+;. The smallest absolute Gasteiger partial charge is 0.0227 e. The Labute approximate surface area is 161 Å². The van der Waals surface area contributed by atoms with Crippen LogP contribution in [0.5, 0.6) is 0 Å². The van der Waals surface area contributed by atoms with Crippen LogP contribution in [0.25, 0.3) is 11.1 Å². The first-order valence-corrected chi connectivity index (χ1v) is 9.65. The highest BCUT2D eigenvalue weighted by molar-refractivity contribution is 5.69. The molecule has 0 amide bonds. The van der Waals surface area contributed by atoms with Crippen molar-refractivity contribution in [1.29, 1.82) is 0 Å². The first-order valence-electron chi connectivity index (χ1n) is 9.65. The Bertz CT molecular complexity index is 755. The predicted molar refractivity (Wildman–Crippen MR) is 120 cm³/mol. The molecule has 2 aromatic rings. The van der Waals surface area contributed by atoms with E-state index in [4.69, 9.17) is 0 Å². The van der Waals surface area contributed by atoms with Crippen molar-refractivity contribution in [2.45, 2.75) is 54.4 Å². The number of benzene rings is 2. The number of hydrogen-bond acceptors (Lipinski definition) is 0. The molecule has 0 heterocycles. The van der Waals surface area contributed by atoms with Crippen molar-refractivity contribution in [3.05, 3.63) is 95.1 Å². The van der Waals surface area contributed by atoms with Gasteiger partial charge in [0.05, 0.1) is 0 Å². The van der Waals surface area contributed by atoms with E-state index in [2.05, 4.69) is 82.0 Å². The second kappa shape index (κ2) is 11.3. The van der Waals surface area contributed by atoms with Crippen molar-refractivity contribution in [3.63, 3.8) is 0 Å². The van der Waals surface area contributed by atoms with Crippen LogP contribution in [-0.4, -0.2) is 0 Å². The first-order chi connectivity index (χ1) is 12.5. The fraction of sp³-hybridized carbons (Fsp3) is 0.308. The maximum Gasteiger partial charge on any atom is -0.0227 e. The minimum absolute atomic E-state index is 0.995. The van der Waals surface area contributed by atoms with Gasteiger partial charge in [0.2, 0.25) is 0 Å². The summed E-state index contributed by atoms with van der Waals surface area (Å²) in [6.07, 6.45) is 8.30. The summed E-state index contributed by atoms with van der Waals surface area (Å²) in [4.78, 5) is 0. The van der Waals surface area contributed by atoms with Gasteiger partial charge in [0.1, 0.15) is 0 Å². The number of aryl methyl sites for hydroxylation is 3. The largest absolute Gasteiger partial charge is 0.0952 e. The van der Waals surface area contributed by atoms with Gasteiger partial charge in [-0.1, -0.05) is 81.1 Å². The molecular formula is C26H34. The van der Waals surface area contributed by atoms with Gasteiger partial charge in [-0.3, -0.25) is 0 Å². The van der Waals surface area contributed by atoms with Crippen molar-refractivity contribution >= 4 is 11.1 Å². The summed E-state index contributed by atoms with van der Waals surface area (Å²) in [6, 6.07) is 15.5. The second-order valence-electron chi connectivity index (χ2n) is 6.47. The second-order valence-corrected chi connectivity index (χ2v) is 6.47. The van der Waals surface area contributed by atoms with Crippen molar-refractivity contribution in [2.75, 3.05) is 0 Å². The molecule has 0 saturated carbocycles. The number of hydrogen-bond donors (Lipinski definition) is 0. The van der Waals surface area contributed by atoms with Gasteiger partial charge in [-0.25, -0.2) is 0 Å². The highest BCUT2D eigenvalue weighted by Gasteiger charge is 2.03. The first kappa shape index (κ1) is 21.7. The van der Waals surface area contributed by atoms with E-state index in [9.17, 15) is 0 Å². The molecule has 0 aliphatic carbocycles. The third-order valence-electron chi connectivity index (χ3n) is 4.57. The SMILES string of the molecule is C=C(CCc1ccc(C)c(C)c1)c1ccc(/C(C)=C/C=C\C)cc1.CC. The van der Waals surface area contributed by atoms with E-state index in [1.807, 2.05) is 26.8 Å². The zero-order valence-corrected chi connectivity index (χ0v) is 17.4. The fourth-order valence-electron chi connectivity index (χ4n) is 2.70. The van der Waals surface area contributed by atoms with E-state index in [0.717, 1.165) is 12.8 Å². The van der Waals surface area contributed by atoms with E-state index in [1.165, 1.54) is 39.0 Å². The van der Waals surface area contributed by atoms with Crippen LogP contribution in [0.3, 0.4) is 0 Å². The molecule has 0 N–H and O–H groups in total. The van der Waals surface area contributed by atoms with Gasteiger partial charge in [-0.15, -0.1) is 0 Å². The molecule has 0 aliphatic rings. The van der Waals surface area contributed by atoms with E-state index < -0.39 is 0 Å². The van der Waals surface area contributed by atoms with Gasteiger partial charge < -0.3 is 0 Å². The molecule has 2 aromatic carbocycles. The van der Waals surface area contributed by atoms with Crippen LogP contribution in [0.2, 0.25) is 0 Å². The lowest BCUT2D eigenvalue weighted by Gasteiger charge is -2.09. The summed E-state index contributed by atoms with van der Waals surface area (Å²) in [6.45, 7) is 16.8. The maximum atomic E-state index is 4.28. The molecular weight excluding hydrogens is 312 g/mol. The third-order valence-corrected chi connectivity index (χ3v) is 4.57. The normalized spacial score (nSPS) is 11.2. The quantitative estimate of drug-likeness (QED) is 0.465. The molecule has 0 aliphatic heterocycles. The molecule has 0 nitrogen and oxygen atoms in total. The number of allylic oxidation sites excluding steroid dienone is 5. The van der Waals surface area contributed by atoms with E-state index in [0.29, 0.717) is 0 Å². The molecule has 2 rings (SSSR count). The Morgan fingerprint density at radius 2 is 1.54 bits per heavy atom. The van der Waals surface area contributed by atoms with Crippen LogP contribution in [0.15, 0.2) is 67.3 Å². The summed E-state index contributed by atoms with van der Waals surface area (Å²) < 4.78 is 0. The molecule has 0 saturated heterocycles. The molecule has 0 heteroatoms. The van der Waals surface area contributed by atoms with Gasteiger partial charge in [-0.05, 0) is 79.5 Å². The Morgan fingerprint density at radius 3 is 2.12 bits per heavy atom. The zero-order chi connectivity index (χ0) is 19.5. The van der Waals surface area contributed by atoms with E-state index >= 15 is 0 Å². The van der Waals surface area contributed by atoms with Crippen LogP contribution < -0.4 is 0 Å². The Morgan fingerprint density at radius 1 is 0.923 bits per heavy atom. The molecule has 0 atom stereocenters. The van der Waals surface area contributed by atoms with Crippen LogP contribution in [-0.2, 0) is 6.42 Å². The summed E-state index contributed by atoms with van der Waals surface area (Å²) >= 11 is 0. The van der Waals surface area contributed by atoms with Crippen molar-refractivity contribution in [3.8, 4) is 0 Å². The summed E-state index contributed by atoms with van der Waals surface area (Å²) in [7, 11) is 0. The van der Waals surface area contributed by atoms with Crippen LogP contribution >= 0.6 is 0 Å². The predicted octanol–water partition coefficient (Wildman–Crippen LogP) is 7.96. The van der Waals surface area contributed by atoms with Crippen molar-refractivity contribution in [1.82, 2.24) is 0 Å². The molecule has 0 aromatic heterocycles. The molecule has 0 radical (unpaired) electrons. The minimum atomic E-state index is 0.995. The Hall–Kier alpha value is -2.34. The third kappa shape index (κ3) is 6.52. The summed E-state index contributed by atoms with van der Waals surface area (Å²) in [5, 5.41) is 0. The zero-order valence-electron chi connectivity index (χ0n) is 17.4. The van der Waals surface area contributed by atoms with Gasteiger partial charge in [0, 0.05) is 0 Å². The topological polar surface area (TPSA) is 0 Å². The van der Waals surface area contributed by atoms with Crippen molar-refractivity contribution < 1.29 is 0 Å². The molecule has 0 unspecified atom stereocenters. The highest BCUT2D eigenvalue weighted by atomic mass is 14.1. The maximum absolute atomic E-state index is 4.28. The lowest BCUT2D eigenvalue weighted by molar-refractivity contribution is 1.01. The van der Waals surface area contributed by atoms with Gasteiger partial charge >= 0.3 is 0 Å². The van der Waals surface area contributed by atoms with Gasteiger partial charge in [0.15, 0.2) is 0 Å². The average molecular weight is 347 g/mol. The lowest BCUT2D eigenvalue weighted by atomic mass is 9.96. The van der Waals surface area contributed by atoms with Crippen LogP contribution in [0.4, 0.5) is 0 Å². The lowest BCUT2D eigenvalue weighted by Crippen LogP contribution is -1.91. The molecule has 138 valence electrons. The average Bonchev–Trinajstić information content (AvgIpc) is 2.68. The molecule has 0 spiro atoms. The Balaban J connectivity index is 0.00000163. The number of rotatable bonds is 6. The minimum Gasteiger partial charge on any atom is -0.0952 e. The highest BCUT2D eigenvalue weighted by Crippen LogP contribution is 2.22.